The first-order chi connectivity index (χ1) is 6.88. The Labute approximate surface area is 98.4 Å². The van der Waals surface area contributed by atoms with E-state index in [0.717, 1.165) is 5.33 Å². The van der Waals surface area contributed by atoms with Crippen LogP contribution in [0.3, 0.4) is 0 Å². The smallest absolute Gasteiger partial charge is 0.274 e. The first kappa shape index (κ1) is 12.2. The van der Waals surface area contributed by atoms with Crippen molar-refractivity contribution in [1.29, 1.82) is 0 Å². The van der Waals surface area contributed by atoms with Crippen molar-refractivity contribution in [3.63, 3.8) is 0 Å². The Morgan fingerprint density at radius 1 is 1.67 bits per heavy atom. The van der Waals surface area contributed by atoms with Gasteiger partial charge in [0.1, 0.15) is 5.69 Å². The largest absolute Gasteiger partial charge is 0.334 e. The van der Waals surface area contributed by atoms with Crippen LogP contribution in [0.2, 0.25) is 0 Å². The molecule has 0 spiro atoms. The summed E-state index contributed by atoms with van der Waals surface area (Å²) in [5.74, 6) is -0.0555. The summed E-state index contributed by atoms with van der Waals surface area (Å²) in [4.78, 5) is 13.7. The van der Waals surface area contributed by atoms with Crippen LogP contribution in [-0.4, -0.2) is 38.5 Å². The number of halogens is 1. The number of alkyl halides is 1. The Balaban J connectivity index is 2.86. The number of hydrogen-bond acceptors (Lipinski definition) is 2. The molecule has 84 valence electrons. The molecule has 1 heterocycles. The minimum absolute atomic E-state index is 0.0555. The average molecular weight is 274 g/mol. The summed E-state index contributed by atoms with van der Waals surface area (Å²) in [7, 11) is 3.59. The number of aromatic nitrogens is 2. The average Bonchev–Trinajstić information content (AvgIpc) is 2.62. The molecule has 4 nitrogen and oxygen atoms in total. The highest BCUT2D eigenvalue weighted by molar-refractivity contribution is 9.09. The third kappa shape index (κ3) is 2.59. The van der Waals surface area contributed by atoms with E-state index in [-0.39, 0.29) is 11.4 Å². The highest BCUT2D eigenvalue weighted by atomic mass is 79.9. The van der Waals surface area contributed by atoms with Gasteiger partial charge in [0.15, 0.2) is 0 Å². The number of aryl methyl sites for hydroxylation is 1. The first-order valence-corrected chi connectivity index (χ1v) is 5.84. The van der Waals surface area contributed by atoms with E-state index in [4.69, 9.17) is 0 Å². The van der Waals surface area contributed by atoms with Crippen LogP contribution in [0.15, 0.2) is 12.3 Å². The number of rotatable bonds is 3. The maximum Gasteiger partial charge on any atom is 0.274 e. The number of nitrogens with zero attached hydrogens (tertiary/aromatic N) is 3. The van der Waals surface area contributed by atoms with E-state index in [1.165, 1.54) is 0 Å². The lowest BCUT2D eigenvalue weighted by molar-refractivity contribution is 0.0656. The van der Waals surface area contributed by atoms with Crippen molar-refractivity contribution in [3.8, 4) is 0 Å². The Kier molecular flexibility index (Phi) is 3.54. The van der Waals surface area contributed by atoms with Gasteiger partial charge in [0.25, 0.3) is 5.91 Å². The summed E-state index contributed by atoms with van der Waals surface area (Å²) in [6, 6.07) is 1.73. The van der Waals surface area contributed by atoms with Crippen LogP contribution in [0, 0.1) is 0 Å². The third-order valence-electron chi connectivity index (χ3n) is 2.47. The summed E-state index contributed by atoms with van der Waals surface area (Å²) < 4.78 is 1.63. The summed E-state index contributed by atoms with van der Waals surface area (Å²) in [6.07, 6.45) is 1.77. The van der Waals surface area contributed by atoms with Crippen molar-refractivity contribution >= 4 is 21.8 Å². The van der Waals surface area contributed by atoms with Gasteiger partial charge in [-0.2, -0.15) is 5.10 Å². The molecule has 0 atom stereocenters. The lowest BCUT2D eigenvalue weighted by Crippen LogP contribution is -2.46. The van der Waals surface area contributed by atoms with E-state index in [1.54, 1.807) is 35.9 Å². The van der Waals surface area contributed by atoms with Gasteiger partial charge in [-0.15, -0.1) is 0 Å². The van der Waals surface area contributed by atoms with E-state index in [1.807, 2.05) is 13.8 Å². The zero-order valence-electron chi connectivity index (χ0n) is 9.49. The zero-order chi connectivity index (χ0) is 11.6. The molecule has 1 rings (SSSR count). The number of carbonyl (C=O) groups is 1. The highest BCUT2D eigenvalue weighted by Gasteiger charge is 2.28. The third-order valence-corrected chi connectivity index (χ3v) is 3.84. The van der Waals surface area contributed by atoms with Crippen molar-refractivity contribution in [3.05, 3.63) is 18.0 Å². The Hall–Kier alpha value is -0.840. The van der Waals surface area contributed by atoms with E-state index in [0.29, 0.717) is 5.69 Å². The molecule has 0 radical (unpaired) electrons. The molecule has 1 amide bonds. The Morgan fingerprint density at radius 3 is 2.67 bits per heavy atom. The van der Waals surface area contributed by atoms with E-state index < -0.39 is 0 Å². The zero-order valence-corrected chi connectivity index (χ0v) is 11.1. The summed E-state index contributed by atoms with van der Waals surface area (Å²) in [5.41, 5.74) is 0.267. The second kappa shape index (κ2) is 4.35. The molecule has 15 heavy (non-hydrogen) atoms. The van der Waals surface area contributed by atoms with Gasteiger partial charge in [-0.3, -0.25) is 9.48 Å². The molecule has 0 unspecified atom stereocenters. The molecule has 5 heteroatoms. The molecule has 0 aliphatic heterocycles. The maximum absolute atomic E-state index is 12.0. The van der Waals surface area contributed by atoms with Crippen LogP contribution in [0.25, 0.3) is 0 Å². The maximum atomic E-state index is 12.0. The SMILES string of the molecule is CN(C(=O)c1ccn(C)n1)C(C)(C)CBr. The van der Waals surface area contributed by atoms with Gasteiger partial charge in [0.2, 0.25) is 0 Å². The highest BCUT2D eigenvalue weighted by Crippen LogP contribution is 2.17. The van der Waals surface area contributed by atoms with Crippen LogP contribution in [0.4, 0.5) is 0 Å². The van der Waals surface area contributed by atoms with Crippen LogP contribution in [-0.2, 0) is 7.05 Å². The molecule has 1 aromatic heterocycles. The molecular formula is C10H16BrN3O. The molecule has 0 aliphatic rings. The predicted octanol–water partition coefficient (Wildman–Crippen LogP) is 1.67. The molecule has 0 aliphatic carbocycles. The summed E-state index contributed by atoms with van der Waals surface area (Å²) >= 11 is 3.40. The molecule has 0 bridgehead atoms. The topological polar surface area (TPSA) is 38.1 Å². The van der Waals surface area contributed by atoms with Gasteiger partial charge in [0.05, 0.1) is 0 Å². The summed E-state index contributed by atoms with van der Waals surface area (Å²) in [6.45, 7) is 4.01. The van der Waals surface area contributed by atoms with Gasteiger partial charge in [-0.1, -0.05) is 15.9 Å². The van der Waals surface area contributed by atoms with Crippen LogP contribution in [0.5, 0.6) is 0 Å². The Bertz CT molecular complexity index is 359. The Morgan fingerprint density at radius 2 is 2.27 bits per heavy atom. The van der Waals surface area contributed by atoms with Crippen molar-refractivity contribution in [2.45, 2.75) is 19.4 Å². The van der Waals surface area contributed by atoms with Crippen LogP contribution < -0.4 is 0 Å². The second-order valence-corrected chi connectivity index (χ2v) is 4.75. The number of carbonyl (C=O) groups excluding carboxylic acids is 1. The van der Waals surface area contributed by atoms with Gasteiger partial charge in [-0.25, -0.2) is 0 Å². The van der Waals surface area contributed by atoms with Gasteiger partial charge in [-0.05, 0) is 19.9 Å². The molecule has 0 saturated heterocycles. The molecule has 0 aromatic carbocycles. The first-order valence-electron chi connectivity index (χ1n) is 4.72. The molecular weight excluding hydrogens is 258 g/mol. The van der Waals surface area contributed by atoms with Crippen LogP contribution in [0.1, 0.15) is 24.3 Å². The quantitative estimate of drug-likeness (QED) is 0.786. The van der Waals surface area contributed by atoms with Crippen molar-refractivity contribution in [2.24, 2.45) is 7.05 Å². The number of hydrogen-bond donors (Lipinski definition) is 0. The summed E-state index contributed by atoms with van der Waals surface area (Å²) in [5, 5.41) is 4.82. The van der Waals surface area contributed by atoms with E-state index in [9.17, 15) is 4.79 Å². The van der Waals surface area contributed by atoms with Gasteiger partial charge < -0.3 is 4.90 Å². The van der Waals surface area contributed by atoms with Crippen molar-refractivity contribution < 1.29 is 4.79 Å². The predicted molar refractivity (Wildman–Crippen MR) is 63.2 cm³/mol. The van der Waals surface area contributed by atoms with Crippen LogP contribution >= 0.6 is 15.9 Å². The van der Waals surface area contributed by atoms with Gasteiger partial charge in [0, 0.05) is 31.2 Å². The fourth-order valence-electron chi connectivity index (χ4n) is 1.07. The fraction of sp³-hybridized carbons (Fsp3) is 0.600. The van der Waals surface area contributed by atoms with Crippen molar-refractivity contribution in [2.75, 3.05) is 12.4 Å². The van der Waals surface area contributed by atoms with Gasteiger partial charge >= 0.3 is 0 Å². The lowest BCUT2D eigenvalue weighted by atomic mass is 10.1. The van der Waals surface area contributed by atoms with E-state index >= 15 is 0 Å². The molecule has 0 fully saturated rings. The minimum Gasteiger partial charge on any atom is -0.334 e. The van der Waals surface area contributed by atoms with Crippen molar-refractivity contribution in [1.82, 2.24) is 14.7 Å². The monoisotopic (exact) mass is 273 g/mol. The normalized spacial score (nSPS) is 11.5. The standard InChI is InChI=1S/C10H16BrN3O/c1-10(2,7-11)14(4)9(15)8-5-6-13(3)12-8/h5-6H,7H2,1-4H3. The van der Waals surface area contributed by atoms with E-state index in [2.05, 4.69) is 21.0 Å². The second-order valence-electron chi connectivity index (χ2n) is 4.18. The molecule has 0 N–H and O–H groups in total. The lowest BCUT2D eigenvalue weighted by Gasteiger charge is -2.33. The molecule has 0 saturated carbocycles. The number of amides is 1. The minimum atomic E-state index is -0.214. The fourth-order valence-corrected chi connectivity index (χ4v) is 1.44. The molecule has 1 aromatic rings.